The summed E-state index contributed by atoms with van der Waals surface area (Å²) < 4.78 is 33.1. The van der Waals surface area contributed by atoms with Gasteiger partial charge in [-0.3, -0.25) is 4.90 Å². The van der Waals surface area contributed by atoms with Gasteiger partial charge in [0.2, 0.25) is 0 Å². The van der Waals surface area contributed by atoms with Crippen molar-refractivity contribution in [3.05, 3.63) is 11.6 Å². The van der Waals surface area contributed by atoms with E-state index < -0.39 is 23.4 Å². The monoisotopic (exact) mass is 630 g/mol. The summed E-state index contributed by atoms with van der Waals surface area (Å²) >= 11 is 0. The lowest BCUT2D eigenvalue weighted by molar-refractivity contribution is 0.0228. The molecule has 12 heteroatoms. The van der Waals surface area contributed by atoms with E-state index in [1.54, 1.807) is 5.57 Å². The number of carbonyl (C=O) groups is 2. The van der Waals surface area contributed by atoms with Crippen LogP contribution in [0, 0.1) is 0 Å². The van der Waals surface area contributed by atoms with Crippen LogP contribution >= 0.6 is 0 Å². The molecule has 0 radical (unpaired) electrons. The van der Waals surface area contributed by atoms with Crippen LogP contribution < -0.4 is 10.6 Å². The number of amides is 2. The summed E-state index contributed by atoms with van der Waals surface area (Å²) in [4.78, 5) is 28.1. The molecule has 1 heterocycles. The van der Waals surface area contributed by atoms with Crippen LogP contribution in [0.2, 0.25) is 0 Å². The third-order valence-corrected chi connectivity index (χ3v) is 6.41. The van der Waals surface area contributed by atoms with Gasteiger partial charge in [-0.05, 0) is 80.8 Å². The molecule has 12 nitrogen and oxygen atoms in total. The Morgan fingerprint density at radius 3 is 1.66 bits per heavy atom. The molecule has 0 atom stereocenters. The van der Waals surface area contributed by atoms with Gasteiger partial charge in [-0.25, -0.2) is 9.59 Å². The molecule has 1 aliphatic rings. The summed E-state index contributed by atoms with van der Waals surface area (Å²) in [7, 11) is 2.20. The first-order chi connectivity index (χ1) is 20.8. The fraction of sp³-hybridized carbons (Fsp3) is 0.875. The largest absolute Gasteiger partial charge is 0.444 e. The minimum atomic E-state index is -0.514. The Balaban J connectivity index is 2.25. The molecule has 0 aliphatic carbocycles. The second-order valence-electron chi connectivity index (χ2n) is 13.0. The Morgan fingerprint density at radius 1 is 0.705 bits per heavy atom. The van der Waals surface area contributed by atoms with Crippen molar-refractivity contribution in [1.82, 2.24) is 20.4 Å². The summed E-state index contributed by atoms with van der Waals surface area (Å²) in [5.74, 6) is 0. The fourth-order valence-corrected chi connectivity index (χ4v) is 4.25. The van der Waals surface area contributed by atoms with E-state index in [0.29, 0.717) is 65.9 Å². The van der Waals surface area contributed by atoms with E-state index >= 15 is 0 Å². The van der Waals surface area contributed by atoms with Gasteiger partial charge in [0, 0.05) is 39.3 Å². The molecule has 0 aromatic heterocycles. The van der Waals surface area contributed by atoms with E-state index in [-0.39, 0.29) is 0 Å². The third kappa shape index (κ3) is 25.4. The molecule has 0 bridgehead atoms. The van der Waals surface area contributed by atoms with E-state index in [2.05, 4.69) is 33.6 Å². The summed E-state index contributed by atoms with van der Waals surface area (Å²) in [6.07, 6.45) is 6.13. The van der Waals surface area contributed by atoms with E-state index in [0.717, 1.165) is 39.0 Å². The second kappa shape index (κ2) is 23.4. The Hall–Kier alpha value is -1.96. The molecule has 0 unspecified atom stereocenters. The predicted octanol–water partition coefficient (Wildman–Crippen LogP) is 3.84. The maximum atomic E-state index is 11.7. The smallest absolute Gasteiger partial charge is 0.407 e. The van der Waals surface area contributed by atoms with Gasteiger partial charge in [0.1, 0.15) is 11.2 Å². The summed E-state index contributed by atoms with van der Waals surface area (Å²) in [5, 5.41) is 5.35. The molecule has 0 aromatic rings. The normalized spacial score (nSPS) is 15.8. The molecule has 1 saturated heterocycles. The highest BCUT2D eigenvalue weighted by molar-refractivity contribution is 5.67. The van der Waals surface area contributed by atoms with Crippen LogP contribution in [0.15, 0.2) is 11.6 Å². The van der Waals surface area contributed by atoms with Crippen molar-refractivity contribution in [1.29, 1.82) is 0 Å². The van der Waals surface area contributed by atoms with Gasteiger partial charge in [-0.2, -0.15) is 0 Å². The standard InChI is InChI=1S/C32H62N4O8/c1-31(2,3)43-29(37)33-13-20-39-24-26-41-22-18-36(16-9-11-28-10-8-15-35(7)17-12-28)19-23-42-27-25-40-21-14-34-30(38)44-32(4,5)6/h11H,8-10,12-27H2,1-7H3,(H,33,37)(H,34,38)/b28-11-. The van der Waals surface area contributed by atoms with Gasteiger partial charge in [0.05, 0.1) is 52.9 Å². The second-order valence-corrected chi connectivity index (χ2v) is 13.0. The molecule has 1 rings (SSSR count). The molecule has 2 amide bonds. The molecule has 0 aromatic carbocycles. The lowest BCUT2D eigenvalue weighted by Gasteiger charge is -2.22. The zero-order chi connectivity index (χ0) is 32.7. The van der Waals surface area contributed by atoms with Crippen LogP contribution in [0.1, 0.15) is 67.2 Å². The third-order valence-electron chi connectivity index (χ3n) is 6.41. The first-order valence-corrected chi connectivity index (χ1v) is 16.2. The highest BCUT2D eigenvalue weighted by atomic mass is 16.6. The number of nitrogens with zero attached hydrogens (tertiary/aromatic N) is 2. The van der Waals surface area contributed by atoms with Gasteiger partial charge < -0.3 is 44.0 Å². The van der Waals surface area contributed by atoms with Crippen molar-refractivity contribution in [2.45, 2.75) is 78.4 Å². The summed E-state index contributed by atoms with van der Waals surface area (Å²) in [5.41, 5.74) is 0.540. The summed E-state index contributed by atoms with van der Waals surface area (Å²) in [6.45, 7) is 20.6. The first kappa shape index (κ1) is 40.1. The Labute approximate surface area is 266 Å². The van der Waals surface area contributed by atoms with Crippen LogP contribution in [0.25, 0.3) is 0 Å². The number of likely N-dealkylation sites (tertiary alicyclic amines) is 1. The minimum Gasteiger partial charge on any atom is -0.444 e. The SMILES string of the molecule is CN1CCC/C(=C/CCN(CCOCCOCCNC(=O)OC(C)(C)C)CCOCCOCCNC(=O)OC(C)(C)C)CC1. The average molecular weight is 631 g/mol. The lowest BCUT2D eigenvalue weighted by atomic mass is 10.1. The van der Waals surface area contributed by atoms with Gasteiger partial charge in [-0.15, -0.1) is 0 Å². The number of ether oxygens (including phenoxy) is 6. The Bertz CT molecular complexity index is 752. The average Bonchev–Trinajstić information content (AvgIpc) is 3.12. The number of carbonyl (C=O) groups excluding carboxylic acids is 2. The van der Waals surface area contributed by atoms with Crippen LogP contribution in [-0.2, 0) is 28.4 Å². The fourth-order valence-electron chi connectivity index (χ4n) is 4.25. The molecule has 258 valence electrons. The number of hydrogen-bond acceptors (Lipinski definition) is 10. The van der Waals surface area contributed by atoms with Crippen molar-refractivity contribution in [3.63, 3.8) is 0 Å². The number of nitrogens with one attached hydrogen (secondary N) is 2. The van der Waals surface area contributed by atoms with E-state index in [9.17, 15) is 9.59 Å². The Morgan fingerprint density at radius 2 is 1.18 bits per heavy atom. The molecule has 44 heavy (non-hydrogen) atoms. The maximum absolute atomic E-state index is 11.7. The van der Waals surface area contributed by atoms with Gasteiger partial charge in [-0.1, -0.05) is 11.6 Å². The minimum absolute atomic E-state index is 0.391. The van der Waals surface area contributed by atoms with E-state index in [1.807, 2.05) is 41.5 Å². The highest BCUT2D eigenvalue weighted by Crippen LogP contribution is 2.16. The molecule has 0 spiro atoms. The molecule has 2 N–H and O–H groups in total. The van der Waals surface area contributed by atoms with E-state index in [1.165, 1.54) is 19.4 Å². The zero-order valence-corrected chi connectivity index (χ0v) is 28.7. The van der Waals surface area contributed by atoms with Crippen LogP contribution in [0.4, 0.5) is 9.59 Å². The van der Waals surface area contributed by atoms with Crippen LogP contribution in [-0.4, -0.2) is 139 Å². The van der Waals surface area contributed by atoms with Crippen molar-refractivity contribution < 1.29 is 38.0 Å². The van der Waals surface area contributed by atoms with Crippen LogP contribution in [0.3, 0.4) is 0 Å². The van der Waals surface area contributed by atoms with Crippen molar-refractivity contribution in [2.75, 3.05) is 106 Å². The maximum Gasteiger partial charge on any atom is 0.407 e. The lowest BCUT2D eigenvalue weighted by Crippen LogP contribution is -2.34. The van der Waals surface area contributed by atoms with Crippen molar-refractivity contribution in [3.8, 4) is 0 Å². The predicted molar refractivity (Wildman–Crippen MR) is 172 cm³/mol. The van der Waals surface area contributed by atoms with Crippen molar-refractivity contribution >= 4 is 12.2 Å². The molecular formula is C32H62N4O8. The quantitative estimate of drug-likeness (QED) is 0.143. The van der Waals surface area contributed by atoms with Gasteiger partial charge in [0.15, 0.2) is 0 Å². The topological polar surface area (TPSA) is 120 Å². The van der Waals surface area contributed by atoms with E-state index in [4.69, 9.17) is 28.4 Å². The van der Waals surface area contributed by atoms with Gasteiger partial charge >= 0.3 is 12.2 Å². The molecule has 1 fully saturated rings. The van der Waals surface area contributed by atoms with Gasteiger partial charge in [0.25, 0.3) is 0 Å². The first-order valence-electron chi connectivity index (χ1n) is 16.2. The zero-order valence-electron chi connectivity index (χ0n) is 28.7. The van der Waals surface area contributed by atoms with Crippen LogP contribution in [0.5, 0.6) is 0 Å². The van der Waals surface area contributed by atoms with Crippen molar-refractivity contribution in [2.24, 2.45) is 0 Å². The highest BCUT2D eigenvalue weighted by Gasteiger charge is 2.16. The molecular weight excluding hydrogens is 568 g/mol. The summed E-state index contributed by atoms with van der Waals surface area (Å²) in [6, 6.07) is 0. The number of rotatable bonds is 21. The molecule has 0 saturated carbocycles. The number of alkyl carbamates (subject to hydrolysis) is 2. The molecule has 1 aliphatic heterocycles. The number of hydrogen-bond donors (Lipinski definition) is 2. The Kier molecular flexibility index (Phi) is 21.3.